The van der Waals surface area contributed by atoms with Gasteiger partial charge in [0.15, 0.2) is 0 Å². The number of ether oxygens (including phenoxy) is 1. The van der Waals surface area contributed by atoms with Gasteiger partial charge in [-0.25, -0.2) is 9.18 Å². The Hall–Kier alpha value is -3.13. The summed E-state index contributed by atoms with van der Waals surface area (Å²) < 4.78 is 20.7. The maximum Gasteiger partial charge on any atom is 0.338 e. The number of hydrogen-bond donors (Lipinski definition) is 0. The van der Waals surface area contributed by atoms with Gasteiger partial charge in [0.1, 0.15) is 11.9 Å². The first-order valence-corrected chi connectivity index (χ1v) is 7.54. The van der Waals surface area contributed by atoms with Crippen LogP contribution in [-0.4, -0.2) is 17.1 Å². The number of aromatic nitrogens is 1. The Morgan fingerprint density at radius 3 is 2.62 bits per heavy atom. The third-order valence-corrected chi connectivity index (χ3v) is 3.86. The maximum atomic E-state index is 14.0. The molecule has 1 heterocycles. The summed E-state index contributed by atoms with van der Waals surface area (Å²) in [5, 5.41) is 10.0. The molecule has 0 aliphatic carbocycles. The summed E-state index contributed by atoms with van der Waals surface area (Å²) in [6.07, 6.45) is 1.67. The fourth-order valence-electron chi connectivity index (χ4n) is 2.63. The molecule has 3 rings (SSSR count). The molecule has 0 radical (unpaired) electrons. The first-order valence-electron chi connectivity index (χ1n) is 7.54. The van der Waals surface area contributed by atoms with Crippen molar-refractivity contribution in [1.82, 2.24) is 4.57 Å². The Kier molecular flexibility index (Phi) is 4.05. The predicted molar refractivity (Wildman–Crippen MR) is 88.6 cm³/mol. The molecule has 0 bridgehead atoms. The van der Waals surface area contributed by atoms with Crippen LogP contribution in [0, 0.1) is 24.1 Å². The minimum Gasteiger partial charge on any atom is -0.462 e. The number of halogens is 1. The van der Waals surface area contributed by atoms with Crippen molar-refractivity contribution in [3.05, 3.63) is 65.1 Å². The van der Waals surface area contributed by atoms with E-state index in [-0.39, 0.29) is 11.8 Å². The summed E-state index contributed by atoms with van der Waals surface area (Å²) in [5.41, 5.74) is 2.76. The summed E-state index contributed by atoms with van der Waals surface area (Å²) in [5.74, 6) is -0.713. The number of rotatable bonds is 3. The van der Waals surface area contributed by atoms with Gasteiger partial charge in [-0.15, -0.1) is 0 Å². The maximum absolute atomic E-state index is 14.0. The van der Waals surface area contributed by atoms with E-state index in [1.807, 2.05) is 0 Å². The fraction of sp³-hybridized carbons (Fsp3) is 0.158. The first-order chi connectivity index (χ1) is 11.5. The van der Waals surface area contributed by atoms with E-state index >= 15 is 0 Å². The van der Waals surface area contributed by atoms with Crippen LogP contribution >= 0.6 is 0 Å². The van der Waals surface area contributed by atoms with Crippen LogP contribution in [0.5, 0.6) is 0 Å². The van der Waals surface area contributed by atoms with E-state index in [1.54, 1.807) is 54.9 Å². The minimum atomic E-state index is -0.388. The number of fused-ring (bicyclic) bond motifs is 1. The lowest BCUT2D eigenvalue weighted by Gasteiger charge is -2.07. The lowest BCUT2D eigenvalue weighted by Crippen LogP contribution is -2.04. The molecule has 0 spiro atoms. The number of benzene rings is 2. The lowest BCUT2D eigenvalue weighted by molar-refractivity contribution is 0.0526. The standard InChI is InChI=1S/C19H15FN2O2/c1-3-24-19(23)13-4-6-15(7-5-13)22-11-14(10-21)16-8-12(2)17(20)9-18(16)22/h4-9,11H,3H2,1-2H3. The van der Waals surface area contributed by atoms with Crippen LogP contribution in [0.4, 0.5) is 4.39 Å². The average Bonchev–Trinajstić information content (AvgIpc) is 2.93. The summed E-state index contributed by atoms with van der Waals surface area (Å²) >= 11 is 0. The molecule has 24 heavy (non-hydrogen) atoms. The van der Waals surface area contributed by atoms with E-state index in [9.17, 15) is 14.4 Å². The van der Waals surface area contributed by atoms with Crippen molar-refractivity contribution in [3.8, 4) is 11.8 Å². The molecule has 1 aromatic heterocycles. The second kappa shape index (κ2) is 6.17. The van der Waals surface area contributed by atoms with Crippen molar-refractivity contribution in [3.63, 3.8) is 0 Å². The van der Waals surface area contributed by atoms with Gasteiger partial charge in [0.2, 0.25) is 0 Å². The number of carbonyl (C=O) groups excluding carboxylic acids is 1. The van der Waals surface area contributed by atoms with Gasteiger partial charge < -0.3 is 9.30 Å². The normalized spacial score (nSPS) is 10.6. The quantitative estimate of drug-likeness (QED) is 0.681. The SMILES string of the molecule is CCOC(=O)c1ccc(-n2cc(C#N)c3cc(C)c(F)cc32)cc1. The van der Waals surface area contributed by atoms with Crippen LogP contribution in [0.2, 0.25) is 0 Å². The van der Waals surface area contributed by atoms with Gasteiger partial charge in [-0.3, -0.25) is 0 Å². The first kappa shape index (κ1) is 15.8. The van der Waals surface area contributed by atoms with Gasteiger partial charge in [-0.05, 0) is 55.8 Å². The monoisotopic (exact) mass is 322 g/mol. The van der Waals surface area contributed by atoms with Crippen molar-refractivity contribution >= 4 is 16.9 Å². The van der Waals surface area contributed by atoms with E-state index in [0.29, 0.717) is 34.2 Å². The molecular weight excluding hydrogens is 307 g/mol. The van der Waals surface area contributed by atoms with Gasteiger partial charge >= 0.3 is 5.97 Å². The molecular formula is C19H15FN2O2. The smallest absolute Gasteiger partial charge is 0.338 e. The van der Waals surface area contributed by atoms with Crippen molar-refractivity contribution in [2.75, 3.05) is 6.61 Å². The van der Waals surface area contributed by atoms with E-state index in [4.69, 9.17) is 4.74 Å². The Bertz CT molecular complexity index is 966. The fourth-order valence-corrected chi connectivity index (χ4v) is 2.63. The molecule has 0 amide bonds. The van der Waals surface area contributed by atoms with Crippen LogP contribution < -0.4 is 0 Å². The molecule has 0 N–H and O–H groups in total. The molecule has 0 aliphatic heterocycles. The van der Waals surface area contributed by atoms with E-state index < -0.39 is 0 Å². The molecule has 0 saturated carbocycles. The third-order valence-electron chi connectivity index (χ3n) is 3.86. The van der Waals surface area contributed by atoms with Crippen LogP contribution in [0.1, 0.15) is 28.4 Å². The van der Waals surface area contributed by atoms with Crippen molar-refractivity contribution < 1.29 is 13.9 Å². The molecule has 4 nitrogen and oxygen atoms in total. The molecule has 2 aromatic carbocycles. The Balaban J connectivity index is 2.11. The van der Waals surface area contributed by atoms with E-state index in [0.717, 1.165) is 5.69 Å². The number of nitrogens with zero attached hydrogens (tertiary/aromatic N) is 2. The Morgan fingerprint density at radius 1 is 1.29 bits per heavy atom. The molecule has 0 saturated heterocycles. The zero-order valence-electron chi connectivity index (χ0n) is 13.3. The Morgan fingerprint density at radius 2 is 2.00 bits per heavy atom. The number of aryl methyl sites for hydroxylation is 1. The molecule has 0 atom stereocenters. The summed E-state index contributed by atoms with van der Waals surface area (Å²) in [6, 6.07) is 12.0. The van der Waals surface area contributed by atoms with Crippen LogP contribution in [0.25, 0.3) is 16.6 Å². The van der Waals surface area contributed by atoms with Gasteiger partial charge in [0, 0.05) is 17.3 Å². The largest absolute Gasteiger partial charge is 0.462 e. The van der Waals surface area contributed by atoms with Crippen LogP contribution in [0.15, 0.2) is 42.6 Å². The van der Waals surface area contributed by atoms with Gasteiger partial charge in [0.25, 0.3) is 0 Å². The second-order valence-corrected chi connectivity index (χ2v) is 5.41. The van der Waals surface area contributed by atoms with Crippen molar-refractivity contribution in [2.24, 2.45) is 0 Å². The number of hydrogen-bond acceptors (Lipinski definition) is 3. The van der Waals surface area contributed by atoms with Crippen LogP contribution in [0.3, 0.4) is 0 Å². The number of carbonyl (C=O) groups is 1. The molecule has 0 aliphatic rings. The summed E-state index contributed by atoms with van der Waals surface area (Å²) in [6.45, 7) is 3.73. The molecule has 0 fully saturated rings. The zero-order valence-corrected chi connectivity index (χ0v) is 13.3. The zero-order chi connectivity index (χ0) is 17.3. The number of nitriles is 1. The van der Waals surface area contributed by atoms with Gasteiger partial charge in [0.05, 0.1) is 23.3 Å². The summed E-state index contributed by atoms with van der Waals surface area (Å²) in [7, 11) is 0. The van der Waals surface area contributed by atoms with E-state index in [1.165, 1.54) is 6.07 Å². The van der Waals surface area contributed by atoms with Crippen LogP contribution in [-0.2, 0) is 4.74 Å². The third kappa shape index (κ3) is 2.63. The highest BCUT2D eigenvalue weighted by Crippen LogP contribution is 2.27. The average molecular weight is 322 g/mol. The predicted octanol–water partition coefficient (Wildman–Crippen LogP) is 4.13. The topological polar surface area (TPSA) is 55.0 Å². The highest BCUT2D eigenvalue weighted by atomic mass is 19.1. The van der Waals surface area contributed by atoms with E-state index in [2.05, 4.69) is 6.07 Å². The lowest BCUT2D eigenvalue weighted by atomic mass is 10.1. The summed E-state index contributed by atoms with van der Waals surface area (Å²) in [4.78, 5) is 11.7. The Labute approximate surface area is 138 Å². The molecule has 0 unspecified atom stereocenters. The molecule has 3 aromatic rings. The number of esters is 1. The van der Waals surface area contributed by atoms with Crippen molar-refractivity contribution in [2.45, 2.75) is 13.8 Å². The molecule has 120 valence electrons. The van der Waals surface area contributed by atoms with Crippen molar-refractivity contribution in [1.29, 1.82) is 5.26 Å². The van der Waals surface area contributed by atoms with Gasteiger partial charge in [-0.1, -0.05) is 0 Å². The highest BCUT2D eigenvalue weighted by molar-refractivity contribution is 5.90. The molecule has 5 heteroatoms. The minimum absolute atomic E-state index is 0.312. The second-order valence-electron chi connectivity index (χ2n) is 5.41. The van der Waals surface area contributed by atoms with Gasteiger partial charge in [-0.2, -0.15) is 5.26 Å². The highest BCUT2D eigenvalue weighted by Gasteiger charge is 2.13.